The van der Waals surface area contributed by atoms with Crippen LogP contribution in [0.15, 0.2) is 84.0 Å². The number of esters is 1. The molecule has 0 spiro atoms. The molecule has 3 aromatic rings. The van der Waals surface area contributed by atoms with Crippen molar-refractivity contribution in [2.45, 2.75) is 65.2 Å². The Morgan fingerprint density at radius 3 is 1.92 bits per heavy atom. The van der Waals surface area contributed by atoms with Gasteiger partial charge in [-0.1, -0.05) is 66.7 Å². The average molecular weight is 488 g/mol. The third-order valence-corrected chi connectivity index (χ3v) is 5.07. The van der Waals surface area contributed by atoms with E-state index in [9.17, 15) is 4.79 Å². The molecule has 36 heavy (non-hydrogen) atoms. The lowest BCUT2D eigenvalue weighted by atomic mass is 10.0. The first-order chi connectivity index (χ1) is 17.0. The third kappa shape index (κ3) is 8.93. The summed E-state index contributed by atoms with van der Waals surface area (Å²) in [6.45, 7) is 12.0. The van der Waals surface area contributed by atoms with Gasteiger partial charge in [0.15, 0.2) is 6.04 Å². The average Bonchev–Trinajstić information content (AvgIpc) is 2.82. The van der Waals surface area contributed by atoms with Crippen molar-refractivity contribution < 1.29 is 14.3 Å². The SMILES string of the molecule is CC(C)(C)OCNc1ccc(CC(N=C(c2ccccc2)c2ccccc2)C(=O)OC(C)(C)C)cn1. The number of anilines is 1. The van der Waals surface area contributed by atoms with Crippen LogP contribution in [0.5, 0.6) is 0 Å². The molecule has 6 heteroatoms. The lowest BCUT2D eigenvalue weighted by molar-refractivity contribution is -0.156. The molecule has 1 aromatic heterocycles. The van der Waals surface area contributed by atoms with Crippen LogP contribution in [-0.2, 0) is 20.7 Å². The standard InChI is InChI=1S/C30H37N3O3/c1-29(2,3)35-21-32-26-18-17-22(20-31-26)19-25(28(34)36-30(4,5)6)33-27(23-13-9-7-10-14-23)24-15-11-8-12-16-24/h7-18,20,25H,19,21H2,1-6H3,(H,31,32). The molecule has 0 saturated carbocycles. The number of rotatable bonds is 9. The minimum absolute atomic E-state index is 0.235. The molecule has 0 fully saturated rings. The van der Waals surface area contributed by atoms with Crippen LogP contribution < -0.4 is 5.32 Å². The summed E-state index contributed by atoms with van der Waals surface area (Å²) in [5.74, 6) is 0.335. The van der Waals surface area contributed by atoms with Gasteiger partial charge in [-0.2, -0.15) is 0 Å². The Bertz CT molecular complexity index is 1090. The van der Waals surface area contributed by atoms with E-state index < -0.39 is 11.6 Å². The number of benzene rings is 2. The van der Waals surface area contributed by atoms with Crippen LogP contribution in [-0.4, -0.2) is 40.6 Å². The summed E-state index contributed by atoms with van der Waals surface area (Å²) in [5.41, 5.74) is 2.65. The second kappa shape index (κ2) is 12.0. The van der Waals surface area contributed by atoms with Crippen LogP contribution >= 0.6 is 0 Å². The minimum atomic E-state index is -0.732. The quantitative estimate of drug-likeness (QED) is 0.226. The molecule has 1 N–H and O–H groups in total. The van der Waals surface area contributed by atoms with Crippen molar-refractivity contribution in [3.63, 3.8) is 0 Å². The van der Waals surface area contributed by atoms with Gasteiger partial charge in [0.25, 0.3) is 0 Å². The molecular weight excluding hydrogens is 450 g/mol. The lowest BCUT2D eigenvalue weighted by Gasteiger charge is -2.23. The molecule has 190 valence electrons. The van der Waals surface area contributed by atoms with Gasteiger partial charge < -0.3 is 14.8 Å². The highest BCUT2D eigenvalue weighted by Gasteiger charge is 2.26. The Balaban J connectivity index is 1.90. The Morgan fingerprint density at radius 2 is 1.44 bits per heavy atom. The second-order valence-corrected chi connectivity index (χ2v) is 10.6. The smallest absolute Gasteiger partial charge is 0.331 e. The molecule has 2 aromatic carbocycles. The first kappa shape index (κ1) is 27.1. The molecule has 0 amide bonds. The molecule has 1 heterocycles. The van der Waals surface area contributed by atoms with E-state index in [1.54, 1.807) is 6.20 Å². The fourth-order valence-electron chi connectivity index (χ4n) is 3.41. The fourth-order valence-corrected chi connectivity index (χ4v) is 3.41. The van der Waals surface area contributed by atoms with Gasteiger partial charge in [-0.05, 0) is 53.2 Å². The molecule has 1 atom stereocenters. The van der Waals surface area contributed by atoms with Crippen molar-refractivity contribution in [3.8, 4) is 0 Å². The van der Waals surface area contributed by atoms with E-state index in [4.69, 9.17) is 14.5 Å². The maximum atomic E-state index is 13.3. The van der Waals surface area contributed by atoms with Crippen LogP contribution in [0.25, 0.3) is 0 Å². The van der Waals surface area contributed by atoms with Crippen molar-refractivity contribution in [3.05, 3.63) is 95.7 Å². The molecule has 6 nitrogen and oxygen atoms in total. The number of nitrogens with one attached hydrogen (secondary N) is 1. The zero-order valence-corrected chi connectivity index (χ0v) is 22.1. The van der Waals surface area contributed by atoms with Gasteiger partial charge in [0.1, 0.15) is 18.1 Å². The normalized spacial score (nSPS) is 12.5. The zero-order chi connectivity index (χ0) is 26.2. The first-order valence-electron chi connectivity index (χ1n) is 12.2. The molecule has 0 bridgehead atoms. The molecule has 3 rings (SSSR count). The van der Waals surface area contributed by atoms with Crippen LogP contribution in [0, 0.1) is 0 Å². The summed E-state index contributed by atoms with van der Waals surface area (Å²) in [6, 6.07) is 22.9. The number of hydrogen-bond donors (Lipinski definition) is 1. The van der Waals surface area contributed by atoms with Gasteiger partial charge in [0.05, 0.1) is 11.3 Å². The van der Waals surface area contributed by atoms with Crippen molar-refractivity contribution >= 4 is 17.5 Å². The molecule has 0 radical (unpaired) electrons. The number of hydrogen-bond acceptors (Lipinski definition) is 6. The molecule has 0 aliphatic carbocycles. The summed E-state index contributed by atoms with van der Waals surface area (Å²) in [4.78, 5) is 22.7. The van der Waals surface area contributed by atoms with Gasteiger partial charge in [-0.15, -0.1) is 0 Å². The second-order valence-electron chi connectivity index (χ2n) is 10.6. The number of pyridine rings is 1. The largest absolute Gasteiger partial charge is 0.458 e. The highest BCUT2D eigenvalue weighted by atomic mass is 16.6. The molecule has 0 saturated heterocycles. The van der Waals surface area contributed by atoms with Crippen LogP contribution in [0.1, 0.15) is 58.2 Å². The van der Waals surface area contributed by atoms with Gasteiger partial charge in [0.2, 0.25) is 0 Å². The van der Waals surface area contributed by atoms with Crippen molar-refractivity contribution in [1.29, 1.82) is 0 Å². The topological polar surface area (TPSA) is 72.8 Å². The van der Waals surface area contributed by atoms with E-state index >= 15 is 0 Å². The number of aliphatic imine (C=N–C) groups is 1. The van der Waals surface area contributed by atoms with Gasteiger partial charge in [-0.25, -0.2) is 9.78 Å². The van der Waals surface area contributed by atoms with E-state index in [2.05, 4.69) is 10.3 Å². The Kier molecular flexibility index (Phi) is 8.99. The predicted molar refractivity (Wildman–Crippen MR) is 145 cm³/mol. The van der Waals surface area contributed by atoms with Crippen LogP contribution in [0.2, 0.25) is 0 Å². The summed E-state index contributed by atoms with van der Waals surface area (Å²) < 4.78 is 11.5. The van der Waals surface area contributed by atoms with E-state index in [-0.39, 0.29) is 11.6 Å². The van der Waals surface area contributed by atoms with Crippen LogP contribution in [0.4, 0.5) is 5.82 Å². The van der Waals surface area contributed by atoms with E-state index in [1.165, 1.54) is 0 Å². The summed E-state index contributed by atoms with van der Waals surface area (Å²) in [5, 5.41) is 3.16. The zero-order valence-electron chi connectivity index (χ0n) is 22.1. The minimum Gasteiger partial charge on any atom is -0.458 e. The number of carbonyl (C=O) groups excluding carboxylic acids is 1. The molecule has 1 unspecified atom stereocenters. The molecule has 0 aliphatic heterocycles. The van der Waals surface area contributed by atoms with Crippen molar-refractivity contribution in [2.75, 3.05) is 12.0 Å². The third-order valence-electron chi connectivity index (χ3n) is 5.07. The number of ether oxygens (including phenoxy) is 2. The van der Waals surface area contributed by atoms with Gasteiger partial charge >= 0.3 is 5.97 Å². The monoisotopic (exact) mass is 487 g/mol. The first-order valence-corrected chi connectivity index (χ1v) is 12.2. The maximum absolute atomic E-state index is 13.3. The van der Waals surface area contributed by atoms with E-state index in [0.717, 1.165) is 22.4 Å². The van der Waals surface area contributed by atoms with Crippen molar-refractivity contribution in [2.24, 2.45) is 4.99 Å². The lowest BCUT2D eigenvalue weighted by Crippen LogP contribution is -2.33. The maximum Gasteiger partial charge on any atom is 0.331 e. The van der Waals surface area contributed by atoms with Crippen LogP contribution in [0.3, 0.4) is 0 Å². The highest BCUT2D eigenvalue weighted by Crippen LogP contribution is 2.18. The summed E-state index contributed by atoms with van der Waals surface area (Å²) in [7, 11) is 0. The molecular formula is C30H37N3O3. The van der Waals surface area contributed by atoms with E-state index in [0.29, 0.717) is 19.0 Å². The predicted octanol–water partition coefficient (Wildman–Crippen LogP) is 6.06. The Morgan fingerprint density at radius 1 is 0.861 bits per heavy atom. The fraction of sp³-hybridized carbons (Fsp3) is 0.367. The number of carbonyl (C=O) groups is 1. The number of nitrogens with zero attached hydrogens (tertiary/aromatic N) is 2. The van der Waals surface area contributed by atoms with Crippen molar-refractivity contribution in [1.82, 2.24) is 4.98 Å². The van der Waals surface area contributed by atoms with Gasteiger partial charge in [0, 0.05) is 23.7 Å². The van der Waals surface area contributed by atoms with Gasteiger partial charge in [-0.3, -0.25) is 4.99 Å². The summed E-state index contributed by atoms with van der Waals surface area (Å²) >= 11 is 0. The molecule has 0 aliphatic rings. The highest BCUT2D eigenvalue weighted by molar-refractivity contribution is 6.13. The van der Waals surface area contributed by atoms with E-state index in [1.807, 2.05) is 114 Å². The number of aromatic nitrogens is 1. The Labute approximate surface area is 214 Å². The summed E-state index contributed by atoms with van der Waals surface area (Å²) in [6.07, 6.45) is 2.13. The Hall–Kier alpha value is -3.51.